The average Bonchev–Trinajstić information content (AvgIpc) is 2.32. The van der Waals surface area contributed by atoms with E-state index in [9.17, 15) is 14.3 Å². The zero-order valence-corrected chi connectivity index (χ0v) is 12.1. The number of carboxylic acid groups (broad SMARTS) is 1. The van der Waals surface area contributed by atoms with Crippen LogP contribution in [-0.4, -0.2) is 41.1 Å². The molecule has 0 radical (unpaired) electrons. The summed E-state index contributed by atoms with van der Waals surface area (Å²) < 4.78 is 13.5. The molecule has 20 heavy (non-hydrogen) atoms. The second-order valence-electron chi connectivity index (χ2n) is 5.81. The number of carbonyl (C=O) groups is 1. The van der Waals surface area contributed by atoms with Crippen molar-refractivity contribution < 1.29 is 14.3 Å². The molecule has 1 aliphatic rings. The molecule has 0 aliphatic carbocycles. The number of anilines is 1. The van der Waals surface area contributed by atoms with Gasteiger partial charge < -0.3 is 15.3 Å². The van der Waals surface area contributed by atoms with Gasteiger partial charge in [0.05, 0.1) is 0 Å². The van der Waals surface area contributed by atoms with E-state index in [4.69, 9.17) is 0 Å². The van der Waals surface area contributed by atoms with Crippen LogP contribution in [0.1, 0.15) is 25.3 Å². The van der Waals surface area contributed by atoms with Gasteiger partial charge in [-0.1, -0.05) is 0 Å². The van der Waals surface area contributed by atoms with Gasteiger partial charge in [0.1, 0.15) is 11.4 Å². The highest BCUT2D eigenvalue weighted by atomic mass is 19.1. The number of aryl methyl sites for hydroxylation is 1. The van der Waals surface area contributed by atoms with Crippen LogP contribution in [0, 0.1) is 12.7 Å². The predicted molar refractivity (Wildman–Crippen MR) is 76.5 cm³/mol. The van der Waals surface area contributed by atoms with E-state index in [2.05, 4.69) is 10.2 Å². The Balaban J connectivity index is 2.28. The number of nitrogens with zero attached hydrogens (tertiary/aromatic N) is 1. The Hall–Kier alpha value is -1.62. The number of rotatable bonds is 3. The Morgan fingerprint density at radius 2 is 2.20 bits per heavy atom. The zero-order chi connectivity index (χ0) is 14.9. The molecule has 0 aromatic heterocycles. The van der Waals surface area contributed by atoms with Gasteiger partial charge in [-0.25, -0.2) is 9.18 Å². The number of likely N-dealkylation sites (tertiary alicyclic amines) is 1. The van der Waals surface area contributed by atoms with Crippen molar-refractivity contribution in [2.45, 2.75) is 38.3 Å². The van der Waals surface area contributed by atoms with E-state index in [1.54, 1.807) is 13.0 Å². The topological polar surface area (TPSA) is 52.6 Å². The molecule has 1 fully saturated rings. The quantitative estimate of drug-likeness (QED) is 0.893. The molecule has 5 heteroatoms. The second kappa shape index (κ2) is 5.40. The van der Waals surface area contributed by atoms with Crippen LogP contribution in [-0.2, 0) is 4.79 Å². The summed E-state index contributed by atoms with van der Waals surface area (Å²) in [6, 6.07) is 4.72. The van der Waals surface area contributed by atoms with Crippen LogP contribution in [0.3, 0.4) is 0 Å². The highest BCUT2D eigenvalue weighted by Crippen LogP contribution is 2.31. The lowest BCUT2D eigenvalue weighted by atomic mass is 9.83. The third-order valence-electron chi connectivity index (χ3n) is 4.12. The van der Waals surface area contributed by atoms with Crippen LogP contribution >= 0.6 is 0 Å². The van der Waals surface area contributed by atoms with Crippen molar-refractivity contribution in [1.29, 1.82) is 0 Å². The third kappa shape index (κ3) is 2.93. The minimum atomic E-state index is -1.02. The van der Waals surface area contributed by atoms with Gasteiger partial charge in [0.25, 0.3) is 0 Å². The zero-order valence-electron chi connectivity index (χ0n) is 12.1. The molecule has 1 aliphatic heterocycles. The number of benzene rings is 1. The van der Waals surface area contributed by atoms with E-state index in [0.717, 1.165) is 5.56 Å². The molecule has 1 saturated heterocycles. The Morgan fingerprint density at radius 1 is 1.50 bits per heavy atom. The van der Waals surface area contributed by atoms with Gasteiger partial charge in [0, 0.05) is 18.3 Å². The summed E-state index contributed by atoms with van der Waals surface area (Å²) in [5.74, 6) is -1.23. The number of hydrogen-bond acceptors (Lipinski definition) is 3. The Bertz CT molecular complexity index is 500. The lowest BCUT2D eigenvalue weighted by Crippen LogP contribution is -2.56. The molecule has 0 spiro atoms. The van der Waals surface area contributed by atoms with Gasteiger partial charge in [0.2, 0.25) is 0 Å². The largest absolute Gasteiger partial charge is 0.480 e. The monoisotopic (exact) mass is 280 g/mol. The fourth-order valence-corrected chi connectivity index (χ4v) is 2.80. The molecule has 2 N–H and O–H groups in total. The minimum Gasteiger partial charge on any atom is -0.480 e. The van der Waals surface area contributed by atoms with Crippen molar-refractivity contribution in [3.8, 4) is 0 Å². The van der Waals surface area contributed by atoms with Crippen molar-refractivity contribution in [3.63, 3.8) is 0 Å². The van der Waals surface area contributed by atoms with E-state index in [-0.39, 0.29) is 11.9 Å². The molecule has 1 aromatic rings. The number of piperidine rings is 1. The van der Waals surface area contributed by atoms with Gasteiger partial charge in [-0.15, -0.1) is 0 Å². The molecule has 2 rings (SSSR count). The first-order valence-electron chi connectivity index (χ1n) is 6.81. The number of nitrogens with one attached hydrogen (secondary N) is 1. The molecule has 2 atom stereocenters. The van der Waals surface area contributed by atoms with Crippen molar-refractivity contribution >= 4 is 11.7 Å². The third-order valence-corrected chi connectivity index (χ3v) is 4.12. The van der Waals surface area contributed by atoms with E-state index in [1.807, 2.05) is 14.0 Å². The molecule has 0 bridgehead atoms. The van der Waals surface area contributed by atoms with Crippen LogP contribution < -0.4 is 5.32 Å². The number of carboxylic acids is 1. The summed E-state index contributed by atoms with van der Waals surface area (Å²) in [5.41, 5.74) is 0.280. The van der Waals surface area contributed by atoms with Gasteiger partial charge in [-0.3, -0.25) is 0 Å². The molecule has 0 amide bonds. The molecule has 2 unspecified atom stereocenters. The summed E-state index contributed by atoms with van der Waals surface area (Å²) in [6.45, 7) is 4.50. The van der Waals surface area contributed by atoms with E-state index < -0.39 is 11.5 Å². The fraction of sp³-hybridized carbons (Fsp3) is 0.533. The van der Waals surface area contributed by atoms with Crippen LogP contribution in [0.4, 0.5) is 10.1 Å². The minimum absolute atomic E-state index is 0.169. The van der Waals surface area contributed by atoms with Gasteiger partial charge in [0.15, 0.2) is 0 Å². The Labute approximate surface area is 118 Å². The lowest BCUT2D eigenvalue weighted by Gasteiger charge is -2.42. The molecular weight excluding hydrogens is 259 g/mol. The van der Waals surface area contributed by atoms with Crippen LogP contribution in [0.15, 0.2) is 18.2 Å². The summed E-state index contributed by atoms with van der Waals surface area (Å²) in [6.07, 6.45) is 0.993. The molecule has 0 saturated carbocycles. The molecule has 4 nitrogen and oxygen atoms in total. The normalized spacial score (nSPS) is 27.3. The maximum atomic E-state index is 13.5. The van der Waals surface area contributed by atoms with E-state index >= 15 is 0 Å². The van der Waals surface area contributed by atoms with Crippen molar-refractivity contribution in [3.05, 3.63) is 29.6 Å². The maximum absolute atomic E-state index is 13.5. The number of halogens is 1. The first-order valence-corrected chi connectivity index (χ1v) is 6.81. The van der Waals surface area contributed by atoms with Gasteiger partial charge in [-0.2, -0.15) is 0 Å². The highest BCUT2D eigenvalue weighted by molar-refractivity contribution is 5.83. The SMILES string of the molecule is Cc1cc(F)cc(NC2(C(=O)O)CCN(C)C(C)C2)c1. The average molecular weight is 280 g/mol. The van der Waals surface area contributed by atoms with Crippen LogP contribution in [0.2, 0.25) is 0 Å². The number of aliphatic carboxylic acids is 1. The van der Waals surface area contributed by atoms with Gasteiger partial charge in [-0.05, 0) is 57.5 Å². The summed E-state index contributed by atoms with van der Waals surface area (Å²) in [4.78, 5) is 13.9. The Kier molecular flexibility index (Phi) is 3.99. The fourth-order valence-electron chi connectivity index (χ4n) is 2.80. The van der Waals surface area contributed by atoms with Crippen molar-refractivity contribution in [2.24, 2.45) is 0 Å². The second-order valence-corrected chi connectivity index (χ2v) is 5.81. The molecule has 110 valence electrons. The van der Waals surface area contributed by atoms with Crippen LogP contribution in [0.25, 0.3) is 0 Å². The first kappa shape index (κ1) is 14.8. The molecule has 1 heterocycles. The summed E-state index contributed by atoms with van der Waals surface area (Å²) >= 11 is 0. The maximum Gasteiger partial charge on any atom is 0.329 e. The number of hydrogen-bond donors (Lipinski definition) is 2. The van der Waals surface area contributed by atoms with Gasteiger partial charge >= 0.3 is 5.97 Å². The summed E-state index contributed by atoms with van der Waals surface area (Å²) in [7, 11) is 1.99. The van der Waals surface area contributed by atoms with E-state index in [0.29, 0.717) is 25.1 Å². The van der Waals surface area contributed by atoms with Crippen molar-refractivity contribution in [1.82, 2.24) is 4.90 Å². The predicted octanol–water partition coefficient (Wildman–Crippen LogP) is 2.48. The lowest BCUT2D eigenvalue weighted by molar-refractivity contribution is -0.144. The van der Waals surface area contributed by atoms with Crippen molar-refractivity contribution in [2.75, 3.05) is 18.9 Å². The summed E-state index contributed by atoms with van der Waals surface area (Å²) in [5, 5.41) is 12.7. The first-order chi connectivity index (χ1) is 9.32. The molecule has 1 aromatic carbocycles. The smallest absolute Gasteiger partial charge is 0.329 e. The Morgan fingerprint density at radius 3 is 2.75 bits per heavy atom. The highest BCUT2D eigenvalue weighted by Gasteiger charge is 2.43. The molecular formula is C15H21FN2O2. The van der Waals surface area contributed by atoms with E-state index in [1.165, 1.54) is 12.1 Å². The van der Waals surface area contributed by atoms with Crippen LogP contribution in [0.5, 0.6) is 0 Å². The standard InChI is InChI=1S/C15H21FN2O2/c1-10-6-12(16)8-13(7-10)17-15(14(19)20)4-5-18(3)11(2)9-15/h6-8,11,17H,4-5,9H2,1-3H3,(H,19,20).